The Hall–Kier alpha value is -3.09. The van der Waals surface area contributed by atoms with E-state index >= 15 is 0 Å². The molecule has 0 radical (unpaired) electrons. The van der Waals surface area contributed by atoms with Crippen LogP contribution in [0.15, 0.2) is 63.7 Å². The number of allylic oxidation sites excluding steroid dienone is 2. The minimum absolute atomic E-state index is 0.0686. The Balaban J connectivity index is 1.74. The van der Waals surface area contributed by atoms with E-state index in [1.807, 2.05) is 25.4 Å². The fourth-order valence-electron chi connectivity index (χ4n) is 5.31. The van der Waals surface area contributed by atoms with Crippen LogP contribution in [0.25, 0.3) is 11.3 Å². The minimum atomic E-state index is -0.541. The Bertz CT molecular complexity index is 1140. The second kappa shape index (κ2) is 6.45. The number of azo groups is 1. The molecule has 0 bridgehead atoms. The molecule has 3 aliphatic rings. The minimum Gasteiger partial charge on any atom is -0.362 e. The summed E-state index contributed by atoms with van der Waals surface area (Å²) in [4.78, 5) is 15.1. The summed E-state index contributed by atoms with van der Waals surface area (Å²) in [5, 5.41) is 20.8. The molecule has 0 spiro atoms. The first-order valence-corrected chi connectivity index (χ1v) is 10.5. The first kappa shape index (κ1) is 18.9. The quantitative estimate of drug-likeness (QED) is 0.839. The fraction of sp³-hybridized carbons (Fsp3) is 0.435. The maximum Gasteiger partial charge on any atom is 0.164 e. The topological polar surface area (TPSA) is 84.5 Å². The Morgan fingerprint density at radius 1 is 1.27 bits per heavy atom. The third-order valence-corrected chi connectivity index (χ3v) is 6.56. The molecule has 1 aromatic heterocycles. The van der Waals surface area contributed by atoms with Gasteiger partial charge in [0.1, 0.15) is 5.69 Å². The molecular formula is C23H26N6O. The largest absolute Gasteiger partial charge is 0.362 e. The average molecular weight is 403 g/mol. The third kappa shape index (κ3) is 2.68. The number of rotatable bonds is 3. The molecule has 2 aromatic rings. The van der Waals surface area contributed by atoms with Gasteiger partial charge in [-0.15, -0.1) is 0 Å². The molecule has 154 valence electrons. The van der Waals surface area contributed by atoms with Crippen molar-refractivity contribution in [3.05, 3.63) is 59.1 Å². The van der Waals surface area contributed by atoms with E-state index in [0.29, 0.717) is 6.42 Å². The predicted molar refractivity (Wildman–Crippen MR) is 113 cm³/mol. The number of fused-ring (bicyclic) bond motifs is 1. The van der Waals surface area contributed by atoms with Crippen LogP contribution in [0.3, 0.4) is 0 Å². The lowest BCUT2D eigenvalue weighted by Crippen LogP contribution is -2.51. The van der Waals surface area contributed by atoms with Crippen molar-refractivity contribution in [2.75, 3.05) is 0 Å². The molecule has 7 nitrogen and oxygen atoms in total. The van der Waals surface area contributed by atoms with Gasteiger partial charge in [-0.25, -0.2) is 0 Å². The lowest BCUT2D eigenvalue weighted by Gasteiger charge is -2.47. The monoisotopic (exact) mass is 402 g/mol. The molecule has 0 amide bonds. The van der Waals surface area contributed by atoms with Gasteiger partial charge >= 0.3 is 0 Å². The van der Waals surface area contributed by atoms with Crippen molar-refractivity contribution in [1.29, 1.82) is 0 Å². The summed E-state index contributed by atoms with van der Waals surface area (Å²) in [6, 6.07) is 8.33. The number of hydrogen-bond acceptors (Lipinski definition) is 6. The molecule has 7 heteroatoms. The van der Waals surface area contributed by atoms with Gasteiger partial charge in [0.25, 0.3) is 0 Å². The van der Waals surface area contributed by atoms with Crippen LogP contribution in [0, 0.1) is 5.41 Å². The van der Waals surface area contributed by atoms with Gasteiger partial charge in [0, 0.05) is 35.9 Å². The van der Waals surface area contributed by atoms with E-state index in [1.165, 1.54) is 0 Å². The van der Waals surface area contributed by atoms with E-state index in [2.05, 4.69) is 58.6 Å². The molecule has 0 fully saturated rings. The zero-order chi connectivity index (χ0) is 21.1. The normalized spacial score (nSPS) is 26.9. The molecule has 3 heterocycles. The van der Waals surface area contributed by atoms with Crippen LogP contribution in [0.2, 0.25) is 0 Å². The molecule has 2 atom stereocenters. The van der Waals surface area contributed by atoms with Crippen molar-refractivity contribution in [2.45, 2.75) is 51.6 Å². The van der Waals surface area contributed by atoms with Gasteiger partial charge in [-0.2, -0.15) is 25.2 Å². The van der Waals surface area contributed by atoms with Gasteiger partial charge < -0.3 is 5.32 Å². The number of aryl methyl sites for hydroxylation is 1. The zero-order valence-corrected chi connectivity index (χ0v) is 17.8. The van der Waals surface area contributed by atoms with Crippen molar-refractivity contribution in [2.24, 2.45) is 22.7 Å². The average Bonchev–Trinajstić information content (AvgIpc) is 3.34. The molecule has 0 saturated heterocycles. The molecule has 1 aromatic carbocycles. The highest BCUT2D eigenvalue weighted by Gasteiger charge is 2.52. The van der Waals surface area contributed by atoms with Gasteiger partial charge in [-0.3, -0.25) is 4.79 Å². The summed E-state index contributed by atoms with van der Waals surface area (Å²) in [5.41, 5.74) is 5.23. The summed E-state index contributed by atoms with van der Waals surface area (Å²) in [6.45, 7) is 6.45. The molecule has 30 heavy (non-hydrogen) atoms. The van der Waals surface area contributed by atoms with Crippen molar-refractivity contribution in [3.8, 4) is 11.3 Å². The van der Waals surface area contributed by atoms with E-state index < -0.39 is 5.41 Å². The number of hydrogen-bond donors (Lipinski definition) is 1. The summed E-state index contributed by atoms with van der Waals surface area (Å²) in [5.74, 6) is 0.215. The van der Waals surface area contributed by atoms with Crippen LogP contribution < -0.4 is 5.32 Å². The molecule has 2 unspecified atom stereocenters. The van der Waals surface area contributed by atoms with Crippen LogP contribution in [-0.4, -0.2) is 26.9 Å². The Labute approximate surface area is 176 Å². The van der Waals surface area contributed by atoms with Crippen LogP contribution in [0.1, 0.15) is 45.6 Å². The number of ketones is 1. The zero-order valence-electron chi connectivity index (χ0n) is 17.8. The molecule has 1 N–H and O–H groups in total. The highest BCUT2D eigenvalue weighted by Crippen LogP contribution is 2.53. The number of nitrogens with zero attached hydrogens (tertiary/aromatic N) is 5. The maximum absolute atomic E-state index is 13.5. The number of nitrogens with one attached hydrogen (secondary N) is 1. The molecular weight excluding hydrogens is 376 g/mol. The molecule has 1 aliphatic carbocycles. The molecule has 0 saturated carbocycles. The van der Waals surface area contributed by atoms with E-state index in [-0.39, 0.29) is 17.4 Å². The van der Waals surface area contributed by atoms with Gasteiger partial charge in [0.15, 0.2) is 11.9 Å². The number of aromatic nitrogens is 3. The van der Waals surface area contributed by atoms with E-state index in [1.54, 1.807) is 11.0 Å². The van der Waals surface area contributed by atoms with Gasteiger partial charge in [-0.1, -0.05) is 39.0 Å². The van der Waals surface area contributed by atoms with E-state index in [4.69, 9.17) is 0 Å². The second-order valence-electron chi connectivity index (χ2n) is 9.22. The van der Waals surface area contributed by atoms with Crippen molar-refractivity contribution >= 4 is 5.78 Å². The van der Waals surface area contributed by atoms with Crippen LogP contribution in [-0.2, 0) is 17.3 Å². The highest BCUT2D eigenvalue weighted by atomic mass is 16.1. The Morgan fingerprint density at radius 3 is 2.83 bits per heavy atom. The Morgan fingerprint density at radius 2 is 2.10 bits per heavy atom. The smallest absolute Gasteiger partial charge is 0.164 e. The number of benzene rings is 1. The predicted octanol–water partition coefficient (Wildman–Crippen LogP) is 4.05. The van der Waals surface area contributed by atoms with Crippen LogP contribution >= 0.6 is 0 Å². The number of carbonyl (C=O) groups is 1. The summed E-state index contributed by atoms with van der Waals surface area (Å²) in [6.07, 6.45) is 5.53. The highest BCUT2D eigenvalue weighted by molar-refractivity contribution is 6.01. The van der Waals surface area contributed by atoms with E-state index in [9.17, 15) is 4.79 Å². The maximum atomic E-state index is 13.5. The van der Waals surface area contributed by atoms with Gasteiger partial charge in [0.05, 0.1) is 17.8 Å². The van der Waals surface area contributed by atoms with E-state index in [0.717, 1.165) is 46.5 Å². The summed E-state index contributed by atoms with van der Waals surface area (Å²) >= 11 is 0. The van der Waals surface area contributed by atoms with Crippen molar-refractivity contribution in [1.82, 2.24) is 20.3 Å². The third-order valence-electron chi connectivity index (χ3n) is 6.56. The molecule has 2 aliphatic heterocycles. The van der Waals surface area contributed by atoms with Crippen LogP contribution in [0.5, 0.6) is 0 Å². The van der Waals surface area contributed by atoms with Crippen molar-refractivity contribution < 1.29 is 4.79 Å². The van der Waals surface area contributed by atoms with Crippen LogP contribution in [0.4, 0.5) is 0 Å². The fourth-order valence-corrected chi connectivity index (χ4v) is 5.31. The SMILES string of the molecule is CCC1(c2cccc(-c3cnn(C)n3)c2)C2=CN=NC2NC2=C1C(=O)CC(C)(C)C2. The lowest BCUT2D eigenvalue weighted by molar-refractivity contribution is -0.119. The summed E-state index contributed by atoms with van der Waals surface area (Å²) < 4.78 is 0. The number of carbonyl (C=O) groups excluding carboxylic acids is 1. The van der Waals surface area contributed by atoms with Gasteiger partial charge in [-0.05, 0) is 29.9 Å². The first-order valence-electron chi connectivity index (χ1n) is 10.5. The van der Waals surface area contributed by atoms with Crippen molar-refractivity contribution in [3.63, 3.8) is 0 Å². The summed E-state index contributed by atoms with van der Waals surface area (Å²) in [7, 11) is 1.81. The standard InChI is InChI=1S/C23H26N6O/c1-5-23(15-8-6-7-14(9-15)18-13-25-29(4)28-18)16-12-24-27-21(16)26-17-10-22(2,3)11-19(30)20(17)23/h6-9,12-13,21,26H,5,10-11H2,1-4H3. The first-order chi connectivity index (χ1) is 14.3. The number of Topliss-reactive ketones (excluding diaryl/α,β-unsaturated/α-hetero) is 1. The second-order valence-corrected chi connectivity index (χ2v) is 9.22. The van der Waals surface area contributed by atoms with Gasteiger partial charge in [0.2, 0.25) is 0 Å². The Kier molecular flexibility index (Phi) is 4.07. The molecule has 5 rings (SSSR count). The lowest BCUT2D eigenvalue weighted by atomic mass is 9.58.